The number of nitrogens with zero attached hydrogens (tertiary/aromatic N) is 1. The number of rotatable bonds is 5. The Morgan fingerprint density at radius 1 is 1.47 bits per heavy atom. The average Bonchev–Trinajstić information content (AvgIpc) is 2.26. The first-order valence-corrected chi connectivity index (χ1v) is 7.08. The largest absolute Gasteiger partial charge is 0.381 e. The van der Waals surface area contributed by atoms with Crippen LogP contribution in [-0.4, -0.2) is 31.4 Å². The van der Waals surface area contributed by atoms with Gasteiger partial charge in [-0.2, -0.15) is 8.42 Å². The highest BCUT2D eigenvalue weighted by molar-refractivity contribution is 7.85. The monoisotopic (exact) mass is 259 g/mol. The van der Waals surface area contributed by atoms with Gasteiger partial charge in [0.1, 0.15) is 12.2 Å². The maximum absolute atomic E-state index is 10.9. The zero-order chi connectivity index (χ0) is 13.1. The van der Waals surface area contributed by atoms with E-state index in [4.69, 9.17) is 0 Å². The van der Waals surface area contributed by atoms with Gasteiger partial charge in [-0.05, 0) is 25.0 Å². The Morgan fingerprint density at radius 2 is 2.12 bits per heavy atom. The Labute approximate surface area is 102 Å². The van der Waals surface area contributed by atoms with Crippen LogP contribution in [0.3, 0.4) is 0 Å². The fraction of sp³-hybridized carbons (Fsp3) is 0.545. The van der Waals surface area contributed by atoms with Crippen molar-refractivity contribution in [3.05, 3.63) is 29.6 Å². The van der Waals surface area contributed by atoms with E-state index in [0.29, 0.717) is 5.69 Å². The maximum atomic E-state index is 10.9. The molecule has 0 spiro atoms. The van der Waals surface area contributed by atoms with Crippen LogP contribution in [0.1, 0.15) is 25.1 Å². The van der Waals surface area contributed by atoms with Crippen LogP contribution in [0.25, 0.3) is 0 Å². The van der Waals surface area contributed by atoms with Crippen molar-refractivity contribution in [2.45, 2.75) is 25.9 Å². The third-order valence-electron chi connectivity index (χ3n) is 2.34. The molecule has 96 valence electrons. The first-order valence-electron chi connectivity index (χ1n) is 5.27. The molecule has 0 aliphatic carbocycles. The Morgan fingerprint density at radius 3 is 2.53 bits per heavy atom. The van der Waals surface area contributed by atoms with E-state index >= 15 is 0 Å². The quantitative estimate of drug-likeness (QED) is 0.792. The summed E-state index contributed by atoms with van der Waals surface area (Å²) in [6.07, 6.45) is 3.45. The SMILES string of the molecule is CCc1ccc([C@](C)(O)COS(C)(=O)=O)nc1. The molecule has 0 fully saturated rings. The first-order chi connectivity index (χ1) is 7.74. The number of aliphatic hydroxyl groups is 1. The van der Waals surface area contributed by atoms with Crippen LogP contribution in [-0.2, 0) is 26.3 Å². The highest BCUT2D eigenvalue weighted by atomic mass is 32.2. The van der Waals surface area contributed by atoms with E-state index in [0.717, 1.165) is 18.2 Å². The van der Waals surface area contributed by atoms with E-state index < -0.39 is 15.7 Å². The van der Waals surface area contributed by atoms with Crippen molar-refractivity contribution in [2.75, 3.05) is 12.9 Å². The number of hydrogen-bond donors (Lipinski definition) is 1. The van der Waals surface area contributed by atoms with Gasteiger partial charge in [0.25, 0.3) is 10.1 Å². The molecular formula is C11H17NO4S. The molecule has 0 radical (unpaired) electrons. The van der Waals surface area contributed by atoms with Crippen molar-refractivity contribution in [2.24, 2.45) is 0 Å². The molecule has 6 heteroatoms. The molecule has 5 nitrogen and oxygen atoms in total. The molecule has 1 atom stereocenters. The molecule has 0 aromatic carbocycles. The summed E-state index contributed by atoms with van der Waals surface area (Å²) in [5.41, 5.74) is 0.0157. The zero-order valence-corrected chi connectivity index (χ0v) is 11.0. The van der Waals surface area contributed by atoms with Crippen LogP contribution in [0.5, 0.6) is 0 Å². The van der Waals surface area contributed by atoms with Crippen molar-refractivity contribution in [3.63, 3.8) is 0 Å². The van der Waals surface area contributed by atoms with Gasteiger partial charge in [0.15, 0.2) is 0 Å². The summed E-state index contributed by atoms with van der Waals surface area (Å²) in [4.78, 5) is 4.10. The third kappa shape index (κ3) is 4.41. The van der Waals surface area contributed by atoms with Crippen molar-refractivity contribution in [1.29, 1.82) is 0 Å². The maximum Gasteiger partial charge on any atom is 0.264 e. The van der Waals surface area contributed by atoms with E-state index in [-0.39, 0.29) is 6.61 Å². The Bertz CT molecular complexity index is 465. The standard InChI is InChI=1S/C11H17NO4S/c1-4-9-5-6-10(12-7-9)11(2,13)8-16-17(3,14)15/h5-7,13H,4,8H2,1-3H3/t11-/m1/s1. The smallest absolute Gasteiger partial charge is 0.264 e. The van der Waals surface area contributed by atoms with Gasteiger partial charge < -0.3 is 5.11 Å². The van der Waals surface area contributed by atoms with Crippen molar-refractivity contribution >= 4 is 10.1 Å². The minimum atomic E-state index is -3.57. The molecule has 1 N–H and O–H groups in total. The first kappa shape index (κ1) is 14.1. The van der Waals surface area contributed by atoms with Gasteiger partial charge in [-0.3, -0.25) is 9.17 Å². The van der Waals surface area contributed by atoms with Crippen molar-refractivity contribution in [3.8, 4) is 0 Å². The molecule has 0 amide bonds. The van der Waals surface area contributed by atoms with Gasteiger partial charge in [-0.15, -0.1) is 0 Å². The minimum Gasteiger partial charge on any atom is -0.381 e. The number of hydrogen-bond acceptors (Lipinski definition) is 5. The van der Waals surface area contributed by atoms with Crippen molar-refractivity contribution in [1.82, 2.24) is 4.98 Å². The van der Waals surface area contributed by atoms with Crippen LogP contribution in [0.4, 0.5) is 0 Å². The second-order valence-corrected chi connectivity index (χ2v) is 5.79. The van der Waals surface area contributed by atoms with Gasteiger partial charge >= 0.3 is 0 Å². The van der Waals surface area contributed by atoms with E-state index in [1.54, 1.807) is 12.3 Å². The van der Waals surface area contributed by atoms with Gasteiger partial charge in [-0.25, -0.2) is 0 Å². The van der Waals surface area contributed by atoms with Gasteiger partial charge in [0.2, 0.25) is 0 Å². The molecular weight excluding hydrogens is 242 g/mol. The molecule has 1 heterocycles. The summed E-state index contributed by atoms with van der Waals surface area (Å²) >= 11 is 0. The highest BCUT2D eigenvalue weighted by Gasteiger charge is 2.26. The molecule has 1 rings (SSSR count). The summed E-state index contributed by atoms with van der Waals surface area (Å²) < 4.78 is 26.3. The lowest BCUT2D eigenvalue weighted by molar-refractivity contribution is 0.00631. The second-order valence-electron chi connectivity index (χ2n) is 4.15. The van der Waals surface area contributed by atoms with Crippen molar-refractivity contribution < 1.29 is 17.7 Å². The molecule has 1 aromatic heterocycles. The Kier molecular flexibility index (Phi) is 4.24. The average molecular weight is 259 g/mol. The molecule has 0 bridgehead atoms. The highest BCUT2D eigenvalue weighted by Crippen LogP contribution is 2.19. The molecule has 0 aliphatic rings. The van der Waals surface area contributed by atoms with Gasteiger partial charge in [-0.1, -0.05) is 13.0 Å². The molecule has 0 saturated carbocycles. The third-order valence-corrected chi connectivity index (χ3v) is 2.88. The van der Waals surface area contributed by atoms with Gasteiger partial charge in [0, 0.05) is 6.20 Å². The number of aryl methyl sites for hydroxylation is 1. The second kappa shape index (κ2) is 5.12. The Balaban J connectivity index is 2.81. The molecule has 17 heavy (non-hydrogen) atoms. The lowest BCUT2D eigenvalue weighted by Crippen LogP contribution is -2.30. The fourth-order valence-corrected chi connectivity index (χ4v) is 1.69. The molecule has 0 saturated heterocycles. The molecule has 1 aromatic rings. The summed E-state index contributed by atoms with van der Waals surface area (Å²) in [7, 11) is -3.57. The van der Waals surface area contributed by atoms with Crippen LogP contribution in [0.15, 0.2) is 18.3 Å². The zero-order valence-electron chi connectivity index (χ0n) is 10.2. The number of pyridine rings is 1. The van der Waals surface area contributed by atoms with Crippen LogP contribution in [0, 0.1) is 0 Å². The summed E-state index contributed by atoms with van der Waals surface area (Å²) in [6.45, 7) is 3.12. The van der Waals surface area contributed by atoms with E-state index in [2.05, 4.69) is 9.17 Å². The van der Waals surface area contributed by atoms with E-state index in [1.807, 2.05) is 13.0 Å². The lowest BCUT2D eigenvalue weighted by Gasteiger charge is -2.21. The predicted octanol–water partition coefficient (Wildman–Crippen LogP) is 0.828. The topological polar surface area (TPSA) is 76.5 Å². The molecule has 0 aliphatic heterocycles. The van der Waals surface area contributed by atoms with E-state index in [1.165, 1.54) is 6.92 Å². The lowest BCUT2D eigenvalue weighted by atomic mass is 10.0. The van der Waals surface area contributed by atoms with Crippen LogP contribution in [0.2, 0.25) is 0 Å². The molecule has 0 unspecified atom stereocenters. The predicted molar refractivity (Wildman–Crippen MR) is 64.0 cm³/mol. The van der Waals surface area contributed by atoms with E-state index in [9.17, 15) is 13.5 Å². The Hall–Kier alpha value is -0.980. The van der Waals surface area contributed by atoms with Gasteiger partial charge in [0.05, 0.1) is 11.9 Å². The summed E-state index contributed by atoms with van der Waals surface area (Å²) in [5, 5.41) is 10.1. The summed E-state index contributed by atoms with van der Waals surface area (Å²) in [6, 6.07) is 3.52. The van der Waals surface area contributed by atoms with Crippen LogP contribution >= 0.6 is 0 Å². The normalized spacial score (nSPS) is 15.5. The summed E-state index contributed by atoms with van der Waals surface area (Å²) in [5.74, 6) is 0. The number of aromatic nitrogens is 1. The minimum absolute atomic E-state index is 0.343. The fourth-order valence-electron chi connectivity index (χ4n) is 1.25. The van der Waals surface area contributed by atoms with Crippen LogP contribution < -0.4 is 0 Å².